The van der Waals surface area contributed by atoms with E-state index >= 15 is 0 Å². The second-order valence-electron chi connectivity index (χ2n) is 1.86. The molecule has 58 valence electrons. The van der Waals surface area contributed by atoms with E-state index in [-0.39, 0.29) is 0 Å². The summed E-state index contributed by atoms with van der Waals surface area (Å²) in [5.74, 6) is 0.634. The van der Waals surface area contributed by atoms with Gasteiger partial charge in [-0.05, 0) is 12.1 Å². The van der Waals surface area contributed by atoms with Crippen molar-refractivity contribution < 1.29 is 4.74 Å². The zero-order chi connectivity index (χ0) is 8.27. The van der Waals surface area contributed by atoms with Crippen molar-refractivity contribution in [2.45, 2.75) is 0 Å². The molecule has 0 bridgehead atoms. The van der Waals surface area contributed by atoms with Gasteiger partial charge in [-0.3, -0.25) is 0 Å². The predicted molar refractivity (Wildman–Crippen MR) is 47.3 cm³/mol. The number of halogens is 2. The van der Waals surface area contributed by atoms with Crippen LogP contribution in [0.2, 0.25) is 10.0 Å². The summed E-state index contributed by atoms with van der Waals surface area (Å²) in [5, 5.41) is 0.995. The molecule has 0 saturated carbocycles. The summed E-state index contributed by atoms with van der Waals surface area (Å²) in [7, 11) is 0. The van der Waals surface area contributed by atoms with Crippen molar-refractivity contribution in [3.05, 3.63) is 41.1 Å². The first-order valence-corrected chi connectivity index (χ1v) is 3.72. The topological polar surface area (TPSA) is 9.23 Å². The van der Waals surface area contributed by atoms with Crippen LogP contribution in [0.15, 0.2) is 31.0 Å². The summed E-state index contributed by atoms with van der Waals surface area (Å²) < 4.78 is 4.96. The van der Waals surface area contributed by atoms with Gasteiger partial charge < -0.3 is 4.74 Å². The molecule has 0 atom stereocenters. The molecule has 0 radical (unpaired) electrons. The van der Waals surface area contributed by atoms with E-state index in [1.165, 1.54) is 6.26 Å². The Morgan fingerprint density at radius 3 is 2.55 bits per heavy atom. The number of hydrogen-bond acceptors (Lipinski definition) is 1. The van der Waals surface area contributed by atoms with Crippen LogP contribution in [0, 0.1) is 0 Å². The van der Waals surface area contributed by atoms with E-state index in [0.717, 1.165) is 0 Å². The van der Waals surface area contributed by atoms with Crippen LogP contribution in [0.1, 0.15) is 0 Å². The lowest BCUT2D eigenvalue weighted by Gasteiger charge is -2.00. The molecule has 3 heteroatoms. The average molecular weight is 189 g/mol. The van der Waals surface area contributed by atoms with Crippen LogP contribution >= 0.6 is 23.2 Å². The van der Waals surface area contributed by atoms with Crippen molar-refractivity contribution >= 4 is 23.2 Å². The Morgan fingerprint density at radius 2 is 2.00 bits per heavy atom. The zero-order valence-corrected chi connectivity index (χ0v) is 7.19. The minimum absolute atomic E-state index is 0.478. The van der Waals surface area contributed by atoms with Crippen molar-refractivity contribution in [1.82, 2.24) is 0 Å². The molecule has 1 nitrogen and oxygen atoms in total. The highest BCUT2D eigenvalue weighted by atomic mass is 35.5. The molecule has 1 aromatic carbocycles. The monoisotopic (exact) mass is 188 g/mol. The van der Waals surface area contributed by atoms with Crippen LogP contribution < -0.4 is 4.74 Å². The fourth-order valence-electron chi connectivity index (χ4n) is 0.646. The van der Waals surface area contributed by atoms with Gasteiger partial charge in [0.2, 0.25) is 0 Å². The first-order chi connectivity index (χ1) is 5.24. The van der Waals surface area contributed by atoms with Gasteiger partial charge >= 0.3 is 0 Å². The fraction of sp³-hybridized carbons (Fsp3) is 0. The zero-order valence-electron chi connectivity index (χ0n) is 5.68. The normalized spacial score (nSPS) is 9.27. The minimum atomic E-state index is 0.478. The lowest BCUT2D eigenvalue weighted by molar-refractivity contribution is 0.483. The van der Waals surface area contributed by atoms with Gasteiger partial charge in [-0.15, -0.1) is 0 Å². The Kier molecular flexibility index (Phi) is 2.80. The van der Waals surface area contributed by atoms with E-state index in [1.807, 2.05) is 0 Å². The van der Waals surface area contributed by atoms with Gasteiger partial charge in [-0.1, -0.05) is 29.8 Å². The number of hydrogen-bond donors (Lipinski definition) is 0. The molecule has 0 saturated heterocycles. The third-order valence-corrected chi connectivity index (χ3v) is 1.85. The molecule has 0 spiro atoms. The van der Waals surface area contributed by atoms with Gasteiger partial charge in [-0.2, -0.15) is 0 Å². The maximum atomic E-state index is 5.70. The molecule has 0 heterocycles. The van der Waals surface area contributed by atoms with E-state index in [4.69, 9.17) is 27.9 Å². The minimum Gasteiger partial charge on any atom is -0.466 e. The van der Waals surface area contributed by atoms with Crippen molar-refractivity contribution in [1.29, 1.82) is 0 Å². The second kappa shape index (κ2) is 3.65. The van der Waals surface area contributed by atoms with Gasteiger partial charge in [0.05, 0.1) is 16.3 Å². The second-order valence-corrected chi connectivity index (χ2v) is 2.67. The van der Waals surface area contributed by atoms with Crippen LogP contribution in [0.5, 0.6) is 5.75 Å². The average Bonchev–Trinajstić information content (AvgIpc) is 1.98. The van der Waals surface area contributed by atoms with Crippen LogP contribution in [-0.2, 0) is 0 Å². The van der Waals surface area contributed by atoms with Gasteiger partial charge in [0.1, 0.15) is 5.75 Å². The van der Waals surface area contributed by atoms with Gasteiger partial charge in [-0.25, -0.2) is 0 Å². The van der Waals surface area contributed by atoms with E-state index < -0.39 is 0 Å². The Hall–Kier alpha value is -0.660. The highest BCUT2D eigenvalue weighted by Crippen LogP contribution is 2.26. The van der Waals surface area contributed by atoms with Crippen LogP contribution in [0.3, 0.4) is 0 Å². The molecule has 0 amide bonds. The Morgan fingerprint density at radius 1 is 1.27 bits per heavy atom. The Labute approximate surface area is 75.2 Å². The maximum absolute atomic E-state index is 5.70. The van der Waals surface area contributed by atoms with Crippen LogP contribution in [-0.4, -0.2) is 0 Å². The van der Waals surface area contributed by atoms with Crippen molar-refractivity contribution in [3.8, 4) is 5.75 Å². The maximum Gasteiger partial charge on any atom is 0.128 e. The molecule has 11 heavy (non-hydrogen) atoms. The fourth-order valence-corrected chi connectivity index (χ4v) is 0.934. The highest BCUT2D eigenvalue weighted by molar-refractivity contribution is 6.42. The SMILES string of the molecule is C=COc1ccc(Cl)c(Cl)c1. The predicted octanol–water partition coefficient (Wildman–Crippen LogP) is 3.52. The Balaban J connectivity index is 2.95. The van der Waals surface area contributed by atoms with Gasteiger partial charge in [0, 0.05) is 6.07 Å². The van der Waals surface area contributed by atoms with Crippen LogP contribution in [0.25, 0.3) is 0 Å². The molecule has 0 fully saturated rings. The molecular weight excluding hydrogens is 183 g/mol. The Bertz CT molecular complexity index is 271. The standard InChI is InChI=1S/C8H6Cl2O/c1-2-11-6-3-4-7(9)8(10)5-6/h2-5H,1H2. The van der Waals surface area contributed by atoms with Crippen molar-refractivity contribution in [2.75, 3.05) is 0 Å². The molecule has 0 aliphatic carbocycles. The first-order valence-electron chi connectivity index (χ1n) is 2.96. The molecule has 0 N–H and O–H groups in total. The number of benzene rings is 1. The third kappa shape index (κ3) is 2.14. The van der Waals surface area contributed by atoms with Crippen molar-refractivity contribution in [2.24, 2.45) is 0 Å². The van der Waals surface area contributed by atoms with Crippen LogP contribution in [0.4, 0.5) is 0 Å². The largest absolute Gasteiger partial charge is 0.466 e. The first kappa shape index (κ1) is 8.44. The smallest absolute Gasteiger partial charge is 0.128 e. The van der Waals surface area contributed by atoms with Gasteiger partial charge in [0.25, 0.3) is 0 Å². The summed E-state index contributed by atoms with van der Waals surface area (Å²) in [5.41, 5.74) is 0. The van der Waals surface area contributed by atoms with Gasteiger partial charge in [0.15, 0.2) is 0 Å². The van der Waals surface area contributed by atoms with E-state index in [9.17, 15) is 0 Å². The summed E-state index contributed by atoms with van der Waals surface area (Å²) in [6, 6.07) is 5.02. The quantitative estimate of drug-likeness (QED) is 0.646. The molecule has 0 aromatic heterocycles. The van der Waals surface area contributed by atoms with E-state index in [2.05, 4.69) is 6.58 Å². The highest BCUT2D eigenvalue weighted by Gasteiger charge is 1.97. The lowest BCUT2D eigenvalue weighted by atomic mass is 10.3. The molecule has 0 aliphatic rings. The molecule has 1 aromatic rings. The molecular formula is C8H6Cl2O. The molecule has 1 rings (SSSR count). The lowest BCUT2D eigenvalue weighted by Crippen LogP contribution is -1.79. The van der Waals surface area contributed by atoms with E-state index in [0.29, 0.717) is 15.8 Å². The number of rotatable bonds is 2. The molecule has 0 unspecified atom stereocenters. The number of ether oxygens (including phenoxy) is 1. The summed E-state index contributed by atoms with van der Waals surface area (Å²) in [4.78, 5) is 0. The molecule has 0 aliphatic heterocycles. The summed E-state index contributed by atoms with van der Waals surface area (Å²) >= 11 is 11.4. The summed E-state index contributed by atoms with van der Waals surface area (Å²) in [6.45, 7) is 3.41. The van der Waals surface area contributed by atoms with E-state index in [1.54, 1.807) is 18.2 Å². The summed E-state index contributed by atoms with van der Waals surface area (Å²) in [6.07, 6.45) is 1.33. The third-order valence-electron chi connectivity index (χ3n) is 1.11. The van der Waals surface area contributed by atoms with Crippen molar-refractivity contribution in [3.63, 3.8) is 0 Å².